The molecular weight excluding hydrogens is 1480 g/mol. The number of rotatable bonds is 5. The largest absolute Gasteiger partial charge is 0.456 e. The lowest BCUT2D eigenvalue weighted by Crippen LogP contribution is -2.34. The normalized spacial score (nSPS) is 11.5. The molecule has 16 heteroatoms. The zero-order valence-electron chi connectivity index (χ0n) is 70.6. The summed E-state index contributed by atoms with van der Waals surface area (Å²) < 4.78 is 77.1. The molecule has 20 rings (SSSR count). The summed E-state index contributed by atoms with van der Waals surface area (Å²) >= 11 is 0. The van der Waals surface area contributed by atoms with Crippen LogP contribution in [0.5, 0.6) is 0 Å². The Labute approximate surface area is 691 Å². The predicted molar refractivity (Wildman–Crippen MR) is 469 cm³/mol. The summed E-state index contributed by atoms with van der Waals surface area (Å²) in [4.78, 5) is 14.0. The van der Waals surface area contributed by atoms with Crippen molar-refractivity contribution in [2.75, 3.05) is 0 Å². The molecule has 10 aromatic heterocycles. The molecule has 0 N–H and O–H groups in total. The Morgan fingerprint density at radius 3 is 1.18 bits per heavy atom. The summed E-state index contributed by atoms with van der Waals surface area (Å²) in [6.07, 6.45) is 7.16. The SMILES string of the molecule is Cc1ccc2c(oc3cccc(C#N)c32)c1-c1cccc[n+]1C.[2H]C([2H])([2H])c1ccc(-c2c(C)ccc3c2oc2cc([N+]#[C-])ccc23)[n+](C)c1.[C-]#[N+]c1ccc2c(c1)oc1c(-c3ccc(F)c[n+]3C)c(C)ccc12.[C-]#[N+]c1ccc2c(c1)oc1c(-c3cccc(C)[n+]3C)c(C)ccc12.[C-]#[N+]c1ccc2c(oc3c(-c4cccc[n+]4C)c(C)ccc32)c1C. The second kappa shape index (κ2) is 31.6. The van der Waals surface area contributed by atoms with Gasteiger partial charge in [-0.2, -0.15) is 14.4 Å². The number of benzene rings is 10. The molecular formula is C103H80FN10O5+5. The van der Waals surface area contributed by atoms with Gasteiger partial charge in [-0.1, -0.05) is 115 Å². The average molecular weight is 1560 g/mol. The van der Waals surface area contributed by atoms with Crippen molar-refractivity contribution in [3.8, 4) is 62.4 Å². The molecule has 0 saturated heterocycles. The van der Waals surface area contributed by atoms with E-state index in [9.17, 15) is 9.65 Å². The number of hydrogen-bond donors (Lipinski definition) is 0. The standard InChI is InChI=1S/3C21H17N2O.C20H14FN2O.C20H15N2O/c1-13-5-10-18(23(4)12-13)20-14(2)6-8-17-16-9-7-15(22-3)11-19(16)24-21(17)20;1-13-8-10-17-16-11-9-15(22-3)12-19(16)24-21(17)20(13)18-7-5-6-14(2)23(18)4;1-13-8-9-16-15-10-11-17(22-3)14(2)20(15)24-21(16)19(13)18-7-5-6-12-23(18)4;1-12-4-7-16-15-8-6-14(22-2)10-18(15)24-20(16)19(12)17-9-5-13(21)11-23(17)3;1-13-9-10-15-19-14(12-21)6-5-8-17(19)23-20(15)18(13)16-7-3-4-11-22(16)2/h3*5-12H,1-2,4H3;4-11H,1,3H3;3-11H,1-2H3/q5*+1/i1D3;;;;. The van der Waals surface area contributed by atoms with E-state index < -0.39 is 6.85 Å². The van der Waals surface area contributed by atoms with Gasteiger partial charge in [0.1, 0.15) is 91.1 Å². The van der Waals surface area contributed by atoms with Crippen LogP contribution >= 0.6 is 0 Å². The van der Waals surface area contributed by atoms with Crippen molar-refractivity contribution in [3.63, 3.8) is 0 Å². The molecule has 0 aliphatic heterocycles. The maximum atomic E-state index is 13.5. The molecule has 10 heterocycles. The summed E-state index contributed by atoms with van der Waals surface area (Å²) in [5.74, 6) is -0.280. The maximum absolute atomic E-state index is 13.5. The van der Waals surface area contributed by atoms with Crippen LogP contribution in [0.4, 0.5) is 27.1 Å². The number of aromatic nitrogens is 5. The van der Waals surface area contributed by atoms with Gasteiger partial charge >= 0.3 is 0 Å². The Bertz CT molecular complexity index is 7960. The maximum Gasteiger partial charge on any atom is 0.216 e. The molecule has 0 radical (unpaired) electrons. The van der Waals surface area contributed by atoms with Gasteiger partial charge in [0.2, 0.25) is 34.7 Å². The molecule has 10 aromatic carbocycles. The van der Waals surface area contributed by atoms with Crippen LogP contribution in [0.3, 0.4) is 0 Å². The van der Waals surface area contributed by atoms with Gasteiger partial charge in [-0.15, -0.1) is 0 Å². The Kier molecular flexibility index (Phi) is 19.5. The molecule has 20 aromatic rings. The average Bonchev–Trinajstić information content (AvgIpc) is 1.68. The molecule has 0 aliphatic carbocycles. The van der Waals surface area contributed by atoms with Gasteiger partial charge in [-0.25, -0.2) is 37.5 Å². The molecule has 574 valence electrons. The van der Waals surface area contributed by atoms with Crippen LogP contribution in [0.2, 0.25) is 0 Å². The molecule has 0 bridgehead atoms. The topological polar surface area (TPSA) is 126 Å². The van der Waals surface area contributed by atoms with Crippen LogP contribution in [0.25, 0.3) is 185 Å². The lowest BCUT2D eigenvalue weighted by molar-refractivity contribution is -0.666. The number of nitrogens with zero attached hydrogens (tertiary/aromatic N) is 10. The minimum atomic E-state index is -2.15. The van der Waals surface area contributed by atoms with Crippen molar-refractivity contribution >= 4 is 132 Å². The van der Waals surface area contributed by atoms with Crippen molar-refractivity contribution in [3.05, 3.63) is 351 Å². The summed E-state index contributed by atoms with van der Waals surface area (Å²) in [5.41, 5.74) is 29.0. The van der Waals surface area contributed by atoms with E-state index in [4.69, 9.17) is 52.5 Å². The molecule has 0 saturated carbocycles. The van der Waals surface area contributed by atoms with E-state index in [2.05, 4.69) is 135 Å². The lowest BCUT2D eigenvalue weighted by atomic mass is 9.99. The molecule has 0 atom stereocenters. The zero-order chi connectivity index (χ0) is 85.9. The van der Waals surface area contributed by atoms with Crippen LogP contribution in [0.15, 0.2) is 271 Å². The molecule has 119 heavy (non-hydrogen) atoms. The van der Waals surface area contributed by atoms with Crippen molar-refractivity contribution < 1.29 is 53.4 Å². The van der Waals surface area contributed by atoms with Crippen molar-refractivity contribution in [1.29, 1.82) is 5.26 Å². The third-order valence-electron chi connectivity index (χ3n) is 22.3. The minimum Gasteiger partial charge on any atom is -0.456 e. The molecule has 0 fully saturated rings. The predicted octanol–water partition coefficient (Wildman–Crippen LogP) is 25.1. The van der Waals surface area contributed by atoms with Crippen LogP contribution in [-0.2, 0) is 35.2 Å². The van der Waals surface area contributed by atoms with Crippen LogP contribution in [0.1, 0.15) is 54.3 Å². The molecule has 0 spiro atoms. The fourth-order valence-electron chi connectivity index (χ4n) is 16.1. The first-order chi connectivity index (χ1) is 58.8. The Hall–Kier alpha value is -15.7. The molecule has 15 nitrogen and oxygen atoms in total. The number of halogens is 1. The first-order valence-corrected chi connectivity index (χ1v) is 38.5. The summed E-state index contributed by atoms with van der Waals surface area (Å²) in [6.45, 7) is 41.1. The van der Waals surface area contributed by atoms with Crippen LogP contribution < -0.4 is 22.8 Å². The highest BCUT2D eigenvalue weighted by molar-refractivity contribution is 6.15. The second-order valence-electron chi connectivity index (χ2n) is 29.8. The number of nitriles is 1. The summed E-state index contributed by atoms with van der Waals surface area (Å²) in [5, 5.41) is 19.5. The van der Waals surface area contributed by atoms with Gasteiger partial charge in [-0.3, -0.25) is 0 Å². The van der Waals surface area contributed by atoms with Gasteiger partial charge in [0.15, 0.2) is 52.9 Å². The number of aryl methyl sites for hydroxylation is 12. The fourth-order valence-corrected chi connectivity index (χ4v) is 16.1. The third-order valence-corrected chi connectivity index (χ3v) is 22.3. The fraction of sp³-hybridized carbons (Fsp3) is 0.126. The van der Waals surface area contributed by atoms with Crippen LogP contribution in [0, 0.1) is 98.8 Å². The summed E-state index contributed by atoms with van der Waals surface area (Å²) in [6, 6.07) is 74.3. The first-order valence-electron chi connectivity index (χ1n) is 40.0. The van der Waals surface area contributed by atoms with Crippen molar-refractivity contribution in [1.82, 2.24) is 0 Å². The Balaban J connectivity index is 0.000000113. The molecule has 0 amide bonds. The quantitative estimate of drug-likeness (QED) is 0.125. The minimum absolute atomic E-state index is 0.280. The number of fused-ring (bicyclic) bond motifs is 15. The highest BCUT2D eigenvalue weighted by Crippen LogP contribution is 2.45. The van der Waals surface area contributed by atoms with E-state index in [1.807, 2.05) is 187 Å². The van der Waals surface area contributed by atoms with E-state index in [-0.39, 0.29) is 5.82 Å². The smallest absolute Gasteiger partial charge is 0.216 e. The van der Waals surface area contributed by atoms with Gasteiger partial charge in [0.25, 0.3) is 0 Å². The van der Waals surface area contributed by atoms with E-state index in [1.165, 1.54) is 29.1 Å². The van der Waals surface area contributed by atoms with Gasteiger partial charge in [0.05, 0.1) is 65.7 Å². The van der Waals surface area contributed by atoms with Crippen molar-refractivity contribution in [2.24, 2.45) is 35.2 Å². The van der Waals surface area contributed by atoms with E-state index in [0.29, 0.717) is 45.0 Å². The van der Waals surface area contributed by atoms with Crippen LogP contribution in [-0.4, -0.2) is 0 Å². The van der Waals surface area contributed by atoms with Crippen molar-refractivity contribution in [2.45, 2.75) is 55.3 Å². The van der Waals surface area contributed by atoms with E-state index in [0.717, 1.165) is 177 Å². The summed E-state index contributed by atoms with van der Waals surface area (Å²) in [7, 11) is 9.79. The first kappa shape index (κ1) is 73.5. The molecule has 0 unspecified atom stereocenters. The zero-order valence-corrected chi connectivity index (χ0v) is 67.6. The molecule has 0 aliphatic rings. The number of hydrogen-bond acceptors (Lipinski definition) is 6. The van der Waals surface area contributed by atoms with Gasteiger partial charge < -0.3 is 22.1 Å². The number of pyridine rings is 5. The number of furan rings is 5. The lowest BCUT2D eigenvalue weighted by Gasteiger charge is -2.06. The highest BCUT2D eigenvalue weighted by Gasteiger charge is 2.28. The highest BCUT2D eigenvalue weighted by atomic mass is 19.1. The third kappa shape index (κ3) is 14.0. The monoisotopic (exact) mass is 1560 g/mol. The Morgan fingerprint density at radius 1 is 0.353 bits per heavy atom. The van der Waals surface area contributed by atoms with Gasteiger partial charge in [0, 0.05) is 119 Å². The van der Waals surface area contributed by atoms with Gasteiger partial charge in [-0.05, 0) is 142 Å². The Morgan fingerprint density at radius 2 is 0.739 bits per heavy atom. The second-order valence-corrected chi connectivity index (χ2v) is 29.8. The van der Waals surface area contributed by atoms with E-state index >= 15 is 0 Å². The van der Waals surface area contributed by atoms with E-state index in [1.54, 1.807) is 47.2 Å².